The first-order valence-corrected chi connectivity index (χ1v) is 7.71. The maximum Gasteiger partial charge on any atom is 0.162 e. The summed E-state index contributed by atoms with van der Waals surface area (Å²) in [5.74, 6) is -0.720. The third-order valence-electron chi connectivity index (χ3n) is 4.18. The van der Waals surface area contributed by atoms with Gasteiger partial charge in [0.05, 0.1) is 12.4 Å². The van der Waals surface area contributed by atoms with Gasteiger partial charge >= 0.3 is 0 Å². The van der Waals surface area contributed by atoms with Crippen LogP contribution < -0.4 is 9.64 Å². The van der Waals surface area contributed by atoms with Crippen LogP contribution in [-0.2, 0) is 0 Å². The van der Waals surface area contributed by atoms with Crippen molar-refractivity contribution in [1.29, 1.82) is 0 Å². The van der Waals surface area contributed by atoms with Gasteiger partial charge in [-0.15, -0.1) is 0 Å². The smallest absolute Gasteiger partial charge is 0.162 e. The summed E-state index contributed by atoms with van der Waals surface area (Å²) in [5.41, 5.74) is 1.41. The fourth-order valence-electron chi connectivity index (χ4n) is 3.01. The molecule has 1 saturated heterocycles. The Bertz CT molecular complexity index is 869. The summed E-state index contributed by atoms with van der Waals surface area (Å²) in [7, 11) is 0. The first-order valence-electron chi connectivity index (χ1n) is 7.71. The molecule has 0 aliphatic carbocycles. The average Bonchev–Trinajstić information content (AvgIpc) is 3.24. The number of nitrogens with zero attached hydrogens (tertiary/aromatic N) is 4. The number of imidazole rings is 1. The van der Waals surface area contributed by atoms with Crippen molar-refractivity contribution in [1.82, 2.24) is 19.9 Å². The van der Waals surface area contributed by atoms with Gasteiger partial charge in [-0.3, -0.25) is 0 Å². The molecule has 0 spiro atoms. The molecule has 24 heavy (non-hydrogen) atoms. The van der Waals surface area contributed by atoms with Gasteiger partial charge in [0.15, 0.2) is 23.1 Å². The molecule has 3 aromatic rings. The molecule has 1 aliphatic heterocycles. The van der Waals surface area contributed by atoms with E-state index >= 15 is 0 Å². The number of fused-ring (bicyclic) bond motifs is 1. The Labute approximate surface area is 136 Å². The van der Waals surface area contributed by atoms with E-state index in [0.717, 1.165) is 42.9 Å². The van der Waals surface area contributed by atoms with Gasteiger partial charge in [-0.2, -0.15) is 0 Å². The van der Waals surface area contributed by atoms with Crippen molar-refractivity contribution >= 4 is 17.0 Å². The van der Waals surface area contributed by atoms with Crippen LogP contribution in [-0.4, -0.2) is 39.1 Å². The van der Waals surface area contributed by atoms with Crippen molar-refractivity contribution in [2.75, 3.05) is 18.1 Å². The second-order valence-electron chi connectivity index (χ2n) is 5.67. The van der Waals surface area contributed by atoms with Crippen LogP contribution in [0.3, 0.4) is 0 Å². The lowest BCUT2D eigenvalue weighted by Crippen LogP contribution is -2.35. The lowest BCUT2D eigenvalue weighted by atomic mass is 10.2. The van der Waals surface area contributed by atoms with E-state index in [1.165, 1.54) is 12.4 Å². The van der Waals surface area contributed by atoms with Gasteiger partial charge < -0.3 is 14.6 Å². The number of aromatic nitrogens is 4. The quantitative estimate of drug-likeness (QED) is 0.796. The first-order chi connectivity index (χ1) is 11.7. The molecule has 1 atom stereocenters. The molecule has 8 heteroatoms. The second-order valence-corrected chi connectivity index (χ2v) is 5.67. The van der Waals surface area contributed by atoms with E-state index in [4.69, 9.17) is 4.74 Å². The van der Waals surface area contributed by atoms with Crippen molar-refractivity contribution in [3.05, 3.63) is 42.5 Å². The molecule has 3 heterocycles. The zero-order valence-electron chi connectivity index (χ0n) is 12.7. The molecule has 1 aromatic carbocycles. The summed E-state index contributed by atoms with van der Waals surface area (Å²) < 4.78 is 31.9. The van der Waals surface area contributed by atoms with Crippen LogP contribution in [0, 0.1) is 11.6 Å². The van der Waals surface area contributed by atoms with Crippen LogP contribution in [0.1, 0.15) is 12.8 Å². The monoisotopic (exact) mass is 331 g/mol. The number of halogens is 2. The van der Waals surface area contributed by atoms with Gasteiger partial charge in [0, 0.05) is 12.6 Å². The van der Waals surface area contributed by atoms with Crippen LogP contribution in [0.4, 0.5) is 14.6 Å². The number of hydrogen-bond donors (Lipinski definition) is 1. The molecular formula is C16H15F2N5O. The highest BCUT2D eigenvalue weighted by Gasteiger charge is 2.28. The van der Waals surface area contributed by atoms with Crippen LogP contribution in [0.25, 0.3) is 11.2 Å². The number of aromatic amines is 1. The van der Waals surface area contributed by atoms with Crippen LogP contribution >= 0.6 is 0 Å². The van der Waals surface area contributed by atoms with Crippen LogP contribution in [0.15, 0.2) is 30.9 Å². The molecule has 1 fully saturated rings. The van der Waals surface area contributed by atoms with E-state index in [2.05, 4.69) is 24.8 Å². The zero-order valence-corrected chi connectivity index (χ0v) is 12.7. The number of benzene rings is 1. The highest BCUT2D eigenvalue weighted by Crippen LogP contribution is 2.28. The topological polar surface area (TPSA) is 66.9 Å². The van der Waals surface area contributed by atoms with Crippen molar-refractivity contribution in [3.8, 4) is 5.75 Å². The van der Waals surface area contributed by atoms with Gasteiger partial charge in [-0.25, -0.2) is 23.7 Å². The van der Waals surface area contributed by atoms with Crippen molar-refractivity contribution in [3.63, 3.8) is 0 Å². The molecule has 0 amide bonds. The normalized spacial score (nSPS) is 17.6. The van der Waals surface area contributed by atoms with Gasteiger partial charge in [0.2, 0.25) is 0 Å². The highest BCUT2D eigenvalue weighted by atomic mass is 19.2. The summed E-state index contributed by atoms with van der Waals surface area (Å²) in [6, 6.07) is 3.64. The Morgan fingerprint density at radius 1 is 1.21 bits per heavy atom. The summed E-state index contributed by atoms with van der Waals surface area (Å²) >= 11 is 0. The molecule has 1 aliphatic rings. The molecule has 0 saturated carbocycles. The fraction of sp³-hybridized carbons (Fsp3) is 0.312. The molecule has 2 aromatic heterocycles. The van der Waals surface area contributed by atoms with Gasteiger partial charge in [0.1, 0.15) is 24.2 Å². The molecule has 4 rings (SSSR count). The SMILES string of the molecule is Fc1ccc(OCC2CCCN2c2ncnc3[nH]cnc23)cc1F. The Morgan fingerprint density at radius 2 is 2.12 bits per heavy atom. The number of nitrogens with one attached hydrogen (secondary N) is 1. The zero-order chi connectivity index (χ0) is 16.5. The predicted molar refractivity (Wildman–Crippen MR) is 83.9 cm³/mol. The fourth-order valence-corrected chi connectivity index (χ4v) is 3.01. The largest absolute Gasteiger partial charge is 0.491 e. The lowest BCUT2D eigenvalue weighted by Gasteiger charge is -2.25. The van der Waals surface area contributed by atoms with E-state index in [9.17, 15) is 8.78 Å². The highest BCUT2D eigenvalue weighted by molar-refractivity contribution is 5.82. The Balaban J connectivity index is 1.52. The van der Waals surface area contributed by atoms with E-state index in [0.29, 0.717) is 18.0 Å². The summed E-state index contributed by atoms with van der Waals surface area (Å²) in [6.45, 7) is 1.20. The first kappa shape index (κ1) is 14.8. The van der Waals surface area contributed by atoms with Gasteiger partial charge in [-0.05, 0) is 25.0 Å². The summed E-state index contributed by atoms with van der Waals surface area (Å²) in [4.78, 5) is 17.9. The molecule has 1 N–H and O–H groups in total. The number of H-pyrrole nitrogens is 1. The molecular weight excluding hydrogens is 316 g/mol. The average molecular weight is 331 g/mol. The van der Waals surface area contributed by atoms with Crippen LogP contribution in [0.5, 0.6) is 5.75 Å². The lowest BCUT2D eigenvalue weighted by molar-refractivity contribution is 0.286. The van der Waals surface area contributed by atoms with Crippen molar-refractivity contribution in [2.24, 2.45) is 0 Å². The number of anilines is 1. The van der Waals surface area contributed by atoms with Gasteiger partial charge in [-0.1, -0.05) is 0 Å². The minimum atomic E-state index is -0.912. The maximum atomic E-state index is 13.3. The molecule has 0 bridgehead atoms. The van der Waals surface area contributed by atoms with E-state index in [1.807, 2.05) is 0 Å². The van der Waals surface area contributed by atoms with E-state index < -0.39 is 11.6 Å². The third-order valence-corrected chi connectivity index (χ3v) is 4.18. The predicted octanol–water partition coefficient (Wildman–Crippen LogP) is 2.68. The number of rotatable bonds is 4. The number of ether oxygens (including phenoxy) is 1. The summed E-state index contributed by atoms with van der Waals surface area (Å²) in [5, 5.41) is 0. The van der Waals surface area contributed by atoms with E-state index in [-0.39, 0.29) is 6.04 Å². The maximum absolute atomic E-state index is 13.3. The summed E-state index contributed by atoms with van der Waals surface area (Å²) in [6.07, 6.45) is 5.02. The molecule has 6 nitrogen and oxygen atoms in total. The molecule has 0 radical (unpaired) electrons. The van der Waals surface area contributed by atoms with Crippen LogP contribution in [0.2, 0.25) is 0 Å². The molecule has 124 valence electrons. The van der Waals surface area contributed by atoms with Gasteiger partial charge in [0.25, 0.3) is 0 Å². The van der Waals surface area contributed by atoms with Crippen molar-refractivity contribution < 1.29 is 13.5 Å². The minimum absolute atomic E-state index is 0.0907. The Hall–Kier alpha value is -2.77. The van der Waals surface area contributed by atoms with Crippen molar-refractivity contribution in [2.45, 2.75) is 18.9 Å². The standard InChI is InChI=1S/C16H15F2N5O/c17-12-4-3-11(6-13(12)18)24-7-10-2-1-5-23(10)16-14-15(20-8-19-14)21-9-22-16/h3-4,6,8-10H,1-2,5,7H2,(H,19,20,21,22). The van der Waals surface area contributed by atoms with E-state index in [1.54, 1.807) is 6.33 Å². The minimum Gasteiger partial charge on any atom is -0.491 e. The third kappa shape index (κ3) is 2.64. The molecule has 1 unspecified atom stereocenters. The Kier molecular flexibility index (Phi) is 3.72. The Morgan fingerprint density at radius 3 is 3.00 bits per heavy atom. The number of hydrogen-bond acceptors (Lipinski definition) is 5. The second kappa shape index (κ2) is 6.03.